The number of aromatic hydroxyl groups is 1. The molecule has 16 heteroatoms. The zero-order valence-electron chi connectivity index (χ0n) is 22.6. The number of nitrogens with two attached hydrogens (primary N) is 1. The highest BCUT2D eigenvalue weighted by molar-refractivity contribution is 7.94. The normalized spacial score (nSPS) is 12.3. The molecule has 0 aliphatic carbocycles. The Balaban J connectivity index is 1.51. The molecule has 228 valence electrons. The Labute approximate surface area is 255 Å². The molecule has 5 rings (SSSR count). The van der Waals surface area contributed by atoms with E-state index in [4.69, 9.17) is 20.0 Å². The van der Waals surface area contributed by atoms with Crippen molar-refractivity contribution in [1.82, 2.24) is 0 Å². The molecule has 4 N–H and O–H groups in total. The van der Waals surface area contributed by atoms with Gasteiger partial charge in [-0.05, 0) is 63.8 Å². The first kappa shape index (κ1) is 31.1. The molecule has 5 aromatic carbocycles. The van der Waals surface area contributed by atoms with Crippen LogP contribution >= 0.6 is 12.0 Å². The Morgan fingerprint density at radius 3 is 2.30 bits per heavy atom. The molecule has 0 aliphatic heterocycles. The van der Waals surface area contributed by atoms with E-state index in [1.165, 1.54) is 30.3 Å². The molecule has 0 radical (unpaired) electrons. The largest absolute Gasteiger partial charge is 0.507 e. The Morgan fingerprint density at radius 1 is 0.841 bits per heavy atom. The molecule has 0 fully saturated rings. The molecule has 5 aromatic rings. The lowest BCUT2D eigenvalue weighted by atomic mass is 10.0. The van der Waals surface area contributed by atoms with Gasteiger partial charge in [0.05, 0.1) is 40.8 Å². The lowest BCUT2D eigenvalue weighted by Gasteiger charge is -2.11. The van der Waals surface area contributed by atoms with Crippen LogP contribution in [0.25, 0.3) is 21.5 Å². The molecule has 0 unspecified atom stereocenters. The smallest absolute Gasteiger partial charge is 0.296 e. The molecular weight excluding hydrogens is 635 g/mol. The third-order valence-electron chi connectivity index (χ3n) is 6.21. The topological polar surface area (TPSA) is 196 Å². The Bertz CT molecular complexity index is 2110. The molecule has 0 aliphatic rings. The summed E-state index contributed by atoms with van der Waals surface area (Å²) in [6, 6.07) is 22.2. The number of anilines is 1. The maximum atomic E-state index is 12.1. The van der Waals surface area contributed by atoms with Crippen molar-refractivity contribution in [3.05, 3.63) is 90.5 Å². The highest BCUT2D eigenvalue weighted by Crippen LogP contribution is 2.41. The van der Waals surface area contributed by atoms with Gasteiger partial charge in [-0.3, -0.25) is 8.74 Å². The van der Waals surface area contributed by atoms with Crippen LogP contribution in [0.3, 0.4) is 0 Å². The van der Waals surface area contributed by atoms with Gasteiger partial charge in [0, 0.05) is 16.3 Å². The first-order valence-electron chi connectivity index (χ1n) is 12.5. The maximum Gasteiger partial charge on any atom is 0.296 e. The lowest BCUT2D eigenvalue weighted by molar-refractivity contribution is -0.403. The fourth-order valence-electron chi connectivity index (χ4n) is 4.32. The van der Waals surface area contributed by atoms with Crippen LogP contribution < -0.4 is 10.6 Å². The van der Waals surface area contributed by atoms with Crippen LogP contribution in [0.1, 0.15) is 5.56 Å². The van der Waals surface area contributed by atoms with Gasteiger partial charge in [-0.25, -0.2) is 0 Å². The number of hydrogen-bond donors (Lipinski definition) is 3. The Morgan fingerprint density at radius 2 is 1.57 bits per heavy atom. The second-order valence-corrected chi connectivity index (χ2v) is 13.1. The summed E-state index contributed by atoms with van der Waals surface area (Å²) in [5.41, 5.74) is 6.95. The van der Waals surface area contributed by atoms with Crippen LogP contribution in [0.5, 0.6) is 11.5 Å². The maximum absolute atomic E-state index is 12.1. The number of nitrogens with zero attached hydrogens (tertiary/aromatic N) is 2. The fraction of sp³-hybridized carbons (Fsp3) is 0.0714. The standard InChI is InChI=1S/C28H23N3O10S3/c1-38-44(36,37)21-14-19-10-11-23(28(29)27(19)24(32)15-21)31-30-22-9-5-6-18-12-17(16-43(33,34)35)13-25(26(18)22)39-40-41-42-20-7-3-2-4-8-20/h2-15,32H,16,29H2,1H3,(H,33,34,35). The van der Waals surface area contributed by atoms with Crippen molar-refractivity contribution in [3.63, 3.8) is 0 Å². The van der Waals surface area contributed by atoms with Crippen LogP contribution in [0, 0.1) is 0 Å². The van der Waals surface area contributed by atoms with E-state index in [0.29, 0.717) is 16.2 Å². The lowest BCUT2D eigenvalue weighted by Crippen LogP contribution is -2.03. The molecule has 0 saturated carbocycles. The quantitative estimate of drug-likeness (QED) is 0.0208. The van der Waals surface area contributed by atoms with E-state index < -0.39 is 31.7 Å². The van der Waals surface area contributed by atoms with Gasteiger partial charge in [-0.2, -0.15) is 16.8 Å². The summed E-state index contributed by atoms with van der Waals surface area (Å²) in [7, 11) is -7.42. The fourth-order valence-corrected chi connectivity index (χ4v) is 6.03. The first-order chi connectivity index (χ1) is 20.9. The summed E-state index contributed by atoms with van der Waals surface area (Å²) >= 11 is 0.878. The van der Waals surface area contributed by atoms with Gasteiger partial charge >= 0.3 is 0 Å². The van der Waals surface area contributed by atoms with Crippen LogP contribution in [-0.4, -0.2) is 33.6 Å². The summed E-state index contributed by atoms with van der Waals surface area (Å²) in [5, 5.41) is 25.4. The van der Waals surface area contributed by atoms with E-state index in [9.17, 15) is 26.5 Å². The molecule has 0 bridgehead atoms. The predicted octanol–water partition coefficient (Wildman–Crippen LogP) is 6.37. The number of phenols is 1. The summed E-state index contributed by atoms with van der Waals surface area (Å²) < 4.78 is 66.4. The van der Waals surface area contributed by atoms with Gasteiger partial charge in [-0.15, -0.1) is 14.6 Å². The molecule has 44 heavy (non-hydrogen) atoms. The van der Waals surface area contributed by atoms with Crippen molar-refractivity contribution in [2.75, 3.05) is 12.8 Å². The summed E-state index contributed by atoms with van der Waals surface area (Å²) in [5.74, 6) is -1.07. The van der Waals surface area contributed by atoms with Gasteiger partial charge in [-0.1, -0.05) is 36.4 Å². The van der Waals surface area contributed by atoms with E-state index in [1.807, 2.05) is 18.2 Å². The van der Waals surface area contributed by atoms with Crippen molar-refractivity contribution in [2.45, 2.75) is 15.5 Å². The molecule has 0 atom stereocenters. The molecule has 0 heterocycles. The third-order valence-corrected chi connectivity index (χ3v) is 8.75. The van der Waals surface area contributed by atoms with E-state index in [-0.39, 0.29) is 38.7 Å². The minimum absolute atomic E-state index is 0.0142. The number of nitrogen functional groups attached to an aromatic ring is 1. The number of fused-ring (bicyclic) bond motifs is 2. The van der Waals surface area contributed by atoms with E-state index in [0.717, 1.165) is 30.1 Å². The van der Waals surface area contributed by atoms with E-state index >= 15 is 0 Å². The van der Waals surface area contributed by atoms with E-state index in [2.05, 4.69) is 14.4 Å². The molecule has 0 amide bonds. The van der Waals surface area contributed by atoms with Gasteiger partial charge in [0.25, 0.3) is 20.2 Å². The highest BCUT2D eigenvalue weighted by atomic mass is 32.2. The third kappa shape index (κ3) is 7.08. The van der Waals surface area contributed by atoms with Crippen molar-refractivity contribution in [3.8, 4) is 11.5 Å². The second kappa shape index (κ2) is 12.7. The summed E-state index contributed by atoms with van der Waals surface area (Å²) in [6.07, 6.45) is 0. The van der Waals surface area contributed by atoms with Crippen LogP contribution in [0.15, 0.2) is 105 Å². The molecule has 0 saturated heterocycles. The molecule has 13 nitrogen and oxygen atoms in total. The minimum atomic E-state index is -4.37. The van der Waals surface area contributed by atoms with Crippen LogP contribution in [-0.2, 0) is 39.5 Å². The number of hydrogen-bond acceptors (Lipinski definition) is 13. The van der Waals surface area contributed by atoms with Gasteiger partial charge in [0.15, 0.2) is 5.75 Å². The molecule has 0 aromatic heterocycles. The van der Waals surface area contributed by atoms with Crippen molar-refractivity contribution < 1.29 is 44.9 Å². The minimum Gasteiger partial charge on any atom is -0.507 e. The van der Waals surface area contributed by atoms with Crippen molar-refractivity contribution in [1.29, 1.82) is 0 Å². The summed E-state index contributed by atoms with van der Waals surface area (Å²) in [4.78, 5) is 5.88. The SMILES string of the molecule is COS(=O)(=O)c1cc(O)c2c(N)c(N=Nc3cccc4cc(CS(=O)(=O)O)cc(OOOSc5ccccc5)c34)ccc2c1. The second-order valence-electron chi connectivity index (χ2n) is 9.17. The van der Waals surface area contributed by atoms with Gasteiger partial charge < -0.3 is 15.7 Å². The van der Waals surface area contributed by atoms with Crippen molar-refractivity contribution in [2.24, 2.45) is 10.2 Å². The average Bonchev–Trinajstić information content (AvgIpc) is 2.98. The van der Waals surface area contributed by atoms with Gasteiger partial charge in [0.2, 0.25) is 0 Å². The first-order valence-corrected chi connectivity index (χ1v) is 16.2. The monoisotopic (exact) mass is 657 g/mol. The number of azo groups is 1. The Kier molecular flexibility index (Phi) is 9.02. The van der Waals surface area contributed by atoms with Crippen molar-refractivity contribution >= 4 is 70.9 Å². The Hall–Kier alpha value is -4.29. The predicted molar refractivity (Wildman–Crippen MR) is 163 cm³/mol. The average molecular weight is 658 g/mol. The zero-order chi connectivity index (χ0) is 31.5. The van der Waals surface area contributed by atoms with Crippen LogP contribution in [0.2, 0.25) is 0 Å². The van der Waals surface area contributed by atoms with Crippen LogP contribution in [0.4, 0.5) is 17.1 Å². The summed E-state index contributed by atoms with van der Waals surface area (Å²) in [6.45, 7) is 0. The number of phenolic OH excluding ortho intramolecular Hbond substituents is 1. The highest BCUT2D eigenvalue weighted by Gasteiger charge is 2.19. The molecular formula is C28H23N3O10S3. The zero-order valence-corrected chi connectivity index (χ0v) is 25.1. The number of rotatable bonds is 11. The van der Waals surface area contributed by atoms with Gasteiger partial charge in [0.1, 0.15) is 17.2 Å². The van der Waals surface area contributed by atoms with E-state index in [1.54, 1.807) is 30.3 Å². The molecule has 0 spiro atoms. The number of benzene rings is 5.